The monoisotopic (exact) mass is 373 g/mol. The molecule has 0 saturated carbocycles. The second-order valence-corrected chi connectivity index (χ2v) is 6.67. The number of anilines is 1. The summed E-state index contributed by atoms with van der Waals surface area (Å²) < 4.78 is 5.73. The van der Waals surface area contributed by atoms with Crippen LogP contribution in [0.5, 0.6) is 5.75 Å². The van der Waals surface area contributed by atoms with E-state index in [4.69, 9.17) is 16.3 Å². The number of fused-ring (bicyclic) bond motifs is 1. The Hall–Kier alpha value is -1.17. The van der Waals surface area contributed by atoms with Crippen molar-refractivity contribution in [3.8, 4) is 5.75 Å². The summed E-state index contributed by atoms with van der Waals surface area (Å²) in [7, 11) is 1.98. The molecule has 2 heterocycles. The van der Waals surface area contributed by atoms with Gasteiger partial charge in [0.15, 0.2) is 5.75 Å². The number of amides is 1. The first-order valence-corrected chi connectivity index (χ1v) is 8.71. The van der Waals surface area contributed by atoms with Crippen LogP contribution in [-0.4, -0.2) is 57.2 Å². The van der Waals surface area contributed by atoms with Gasteiger partial charge in [-0.05, 0) is 38.1 Å². The van der Waals surface area contributed by atoms with Gasteiger partial charge in [-0.3, -0.25) is 4.79 Å². The summed E-state index contributed by atoms with van der Waals surface area (Å²) >= 11 is 6.18. The van der Waals surface area contributed by atoms with Crippen molar-refractivity contribution < 1.29 is 9.53 Å². The largest absolute Gasteiger partial charge is 0.489 e. The first-order valence-electron chi connectivity index (χ1n) is 8.33. The summed E-state index contributed by atoms with van der Waals surface area (Å²) in [6.07, 6.45) is 3.84. The number of ether oxygens (including phenoxy) is 1. The normalized spacial score (nSPS) is 17.5. The van der Waals surface area contributed by atoms with Crippen LogP contribution in [0.4, 0.5) is 5.69 Å². The number of rotatable bonds is 4. The lowest BCUT2D eigenvalue weighted by Crippen LogP contribution is -2.38. The molecule has 24 heavy (non-hydrogen) atoms. The van der Waals surface area contributed by atoms with E-state index in [0.29, 0.717) is 29.5 Å². The fourth-order valence-corrected chi connectivity index (χ4v) is 3.41. The number of benzene rings is 1. The SMILES string of the molecule is CN1CCOc2c(C(=O)NCCN3CCCCC3)cc(Cl)cc21.Cl. The molecule has 2 aliphatic heterocycles. The quantitative estimate of drug-likeness (QED) is 0.881. The van der Waals surface area contributed by atoms with E-state index in [0.717, 1.165) is 31.9 Å². The van der Waals surface area contributed by atoms with Gasteiger partial charge in [0.05, 0.1) is 17.8 Å². The average Bonchev–Trinajstić information content (AvgIpc) is 2.56. The minimum Gasteiger partial charge on any atom is -0.489 e. The van der Waals surface area contributed by atoms with E-state index < -0.39 is 0 Å². The summed E-state index contributed by atoms with van der Waals surface area (Å²) in [6, 6.07) is 3.54. The molecule has 5 nitrogen and oxygen atoms in total. The highest BCUT2D eigenvalue weighted by molar-refractivity contribution is 6.31. The van der Waals surface area contributed by atoms with Crippen LogP contribution < -0.4 is 15.0 Å². The highest BCUT2D eigenvalue weighted by Gasteiger charge is 2.23. The topological polar surface area (TPSA) is 44.8 Å². The summed E-state index contributed by atoms with van der Waals surface area (Å²) in [5.41, 5.74) is 1.41. The van der Waals surface area contributed by atoms with Gasteiger partial charge in [-0.1, -0.05) is 18.0 Å². The van der Waals surface area contributed by atoms with Crippen LogP contribution >= 0.6 is 24.0 Å². The summed E-state index contributed by atoms with van der Waals surface area (Å²) in [6.45, 7) is 5.19. The minimum atomic E-state index is -0.115. The van der Waals surface area contributed by atoms with Gasteiger partial charge in [0.2, 0.25) is 0 Å². The lowest BCUT2D eigenvalue weighted by Gasteiger charge is -2.29. The number of halogens is 2. The molecule has 0 radical (unpaired) electrons. The van der Waals surface area contributed by atoms with Gasteiger partial charge in [0.25, 0.3) is 5.91 Å². The molecule has 1 N–H and O–H groups in total. The number of carbonyl (C=O) groups excluding carboxylic acids is 1. The Morgan fingerprint density at radius 1 is 1.25 bits per heavy atom. The van der Waals surface area contributed by atoms with Crippen molar-refractivity contribution in [2.75, 3.05) is 51.3 Å². The van der Waals surface area contributed by atoms with E-state index in [-0.39, 0.29) is 18.3 Å². The van der Waals surface area contributed by atoms with Crippen LogP contribution in [0, 0.1) is 0 Å². The summed E-state index contributed by atoms with van der Waals surface area (Å²) in [5.74, 6) is 0.523. The van der Waals surface area contributed by atoms with Gasteiger partial charge >= 0.3 is 0 Å². The number of carbonyl (C=O) groups is 1. The Morgan fingerprint density at radius 3 is 2.75 bits per heavy atom. The van der Waals surface area contributed by atoms with E-state index in [1.807, 2.05) is 13.1 Å². The molecule has 0 unspecified atom stereocenters. The van der Waals surface area contributed by atoms with Gasteiger partial charge in [0.1, 0.15) is 6.61 Å². The zero-order chi connectivity index (χ0) is 16.2. The van der Waals surface area contributed by atoms with Gasteiger partial charge in [0, 0.05) is 25.2 Å². The second-order valence-electron chi connectivity index (χ2n) is 6.23. The Bertz CT molecular complexity index is 577. The molecule has 1 saturated heterocycles. The smallest absolute Gasteiger partial charge is 0.255 e. The molecule has 2 aliphatic rings. The number of hydrogen-bond donors (Lipinski definition) is 1. The van der Waals surface area contributed by atoms with E-state index in [9.17, 15) is 4.79 Å². The molecule has 1 aromatic rings. The second kappa shape index (κ2) is 8.79. The highest BCUT2D eigenvalue weighted by Crippen LogP contribution is 2.37. The van der Waals surface area contributed by atoms with Crippen LogP contribution in [0.1, 0.15) is 29.6 Å². The molecule has 3 rings (SSSR count). The molecule has 1 aromatic carbocycles. The molecule has 1 fully saturated rings. The molecule has 1 amide bonds. The molecular weight excluding hydrogens is 349 g/mol. The van der Waals surface area contributed by atoms with E-state index in [2.05, 4.69) is 15.1 Å². The number of likely N-dealkylation sites (tertiary alicyclic amines) is 1. The first kappa shape index (κ1) is 19.2. The van der Waals surface area contributed by atoms with Crippen molar-refractivity contribution in [3.63, 3.8) is 0 Å². The van der Waals surface area contributed by atoms with Crippen molar-refractivity contribution in [1.29, 1.82) is 0 Å². The molecule has 7 heteroatoms. The Labute approximate surface area is 154 Å². The third kappa shape index (κ3) is 4.47. The van der Waals surface area contributed by atoms with Gasteiger partial charge in [-0.2, -0.15) is 0 Å². The molecule has 0 atom stereocenters. The number of piperidine rings is 1. The lowest BCUT2D eigenvalue weighted by atomic mass is 10.1. The van der Waals surface area contributed by atoms with Crippen LogP contribution in [0.15, 0.2) is 12.1 Å². The van der Waals surface area contributed by atoms with E-state index >= 15 is 0 Å². The first-order chi connectivity index (χ1) is 11.1. The van der Waals surface area contributed by atoms with E-state index in [1.165, 1.54) is 19.3 Å². The fraction of sp³-hybridized carbons (Fsp3) is 0.588. The zero-order valence-electron chi connectivity index (χ0n) is 14.0. The fourth-order valence-electron chi connectivity index (χ4n) is 3.19. The summed E-state index contributed by atoms with van der Waals surface area (Å²) in [5, 5.41) is 3.56. The number of likely N-dealkylation sites (N-methyl/N-ethyl adjacent to an activating group) is 1. The van der Waals surface area contributed by atoms with Gasteiger partial charge in [-0.25, -0.2) is 0 Å². The molecule has 134 valence electrons. The average molecular weight is 374 g/mol. The highest BCUT2D eigenvalue weighted by atomic mass is 35.5. The van der Waals surface area contributed by atoms with Crippen LogP contribution in [0.25, 0.3) is 0 Å². The van der Waals surface area contributed by atoms with Gasteiger partial charge in [-0.15, -0.1) is 12.4 Å². The molecule has 0 spiro atoms. The van der Waals surface area contributed by atoms with Crippen LogP contribution in [0.2, 0.25) is 5.02 Å². The number of nitrogens with zero attached hydrogens (tertiary/aromatic N) is 2. The van der Waals surface area contributed by atoms with Crippen molar-refractivity contribution in [3.05, 3.63) is 22.7 Å². The van der Waals surface area contributed by atoms with Crippen LogP contribution in [0.3, 0.4) is 0 Å². The van der Waals surface area contributed by atoms with Crippen molar-refractivity contribution in [2.45, 2.75) is 19.3 Å². The zero-order valence-corrected chi connectivity index (χ0v) is 15.6. The maximum absolute atomic E-state index is 12.5. The van der Waals surface area contributed by atoms with Gasteiger partial charge < -0.3 is 19.9 Å². The standard InChI is InChI=1S/C17H24ClN3O2.ClH/c1-20-9-10-23-16-14(11-13(18)12-15(16)20)17(22)19-5-8-21-6-3-2-4-7-21;/h11-12H,2-10H2,1H3,(H,19,22);1H. The Balaban J connectivity index is 0.00000208. The molecule has 0 aromatic heterocycles. The molecular formula is C17H25Cl2N3O2. The minimum absolute atomic E-state index is 0. The predicted octanol–water partition coefficient (Wildman–Crippen LogP) is 2.81. The van der Waals surface area contributed by atoms with Crippen molar-refractivity contribution in [2.24, 2.45) is 0 Å². The third-order valence-electron chi connectivity index (χ3n) is 4.53. The van der Waals surface area contributed by atoms with E-state index in [1.54, 1.807) is 6.07 Å². The van der Waals surface area contributed by atoms with Crippen molar-refractivity contribution >= 4 is 35.6 Å². The molecule has 0 aliphatic carbocycles. The number of nitrogens with one attached hydrogen (secondary N) is 1. The summed E-state index contributed by atoms with van der Waals surface area (Å²) in [4.78, 5) is 17.0. The maximum atomic E-state index is 12.5. The number of hydrogen-bond acceptors (Lipinski definition) is 4. The van der Waals surface area contributed by atoms with Crippen LogP contribution in [-0.2, 0) is 0 Å². The Morgan fingerprint density at radius 2 is 2.00 bits per heavy atom. The molecule has 0 bridgehead atoms. The third-order valence-corrected chi connectivity index (χ3v) is 4.74. The Kier molecular flexibility index (Phi) is 7.02. The predicted molar refractivity (Wildman–Crippen MR) is 100 cm³/mol. The maximum Gasteiger partial charge on any atom is 0.255 e. The lowest BCUT2D eigenvalue weighted by molar-refractivity contribution is 0.0942. The van der Waals surface area contributed by atoms with Crippen molar-refractivity contribution in [1.82, 2.24) is 10.2 Å².